The van der Waals surface area contributed by atoms with E-state index in [-0.39, 0.29) is 18.8 Å². The molecule has 0 atom stereocenters. The zero-order valence-electron chi connectivity index (χ0n) is 10.3. The molecule has 1 N–H and O–H groups in total. The van der Waals surface area contributed by atoms with E-state index in [1.165, 1.54) is 4.57 Å². The molecule has 1 heterocycles. The van der Waals surface area contributed by atoms with E-state index in [9.17, 15) is 9.59 Å². The first kappa shape index (κ1) is 13.1. The van der Waals surface area contributed by atoms with Gasteiger partial charge in [0, 0.05) is 10.9 Å². The number of hydrogen-bond donors (Lipinski definition) is 1. The summed E-state index contributed by atoms with van der Waals surface area (Å²) in [5.74, 6) is -1.38. The highest BCUT2D eigenvalue weighted by molar-refractivity contribution is 5.96. The van der Waals surface area contributed by atoms with Crippen molar-refractivity contribution in [2.45, 2.75) is 13.5 Å². The fourth-order valence-corrected chi connectivity index (χ4v) is 1.91. The summed E-state index contributed by atoms with van der Waals surface area (Å²) in [6.07, 6.45) is 0. The van der Waals surface area contributed by atoms with Gasteiger partial charge >= 0.3 is 11.9 Å². The molecule has 0 unspecified atom stereocenters. The third-order valence-corrected chi connectivity index (χ3v) is 2.68. The minimum atomic E-state index is -0.855. The first-order valence-corrected chi connectivity index (χ1v) is 5.77. The fraction of sp³-hybridized carbons (Fsp3) is 0.231. The van der Waals surface area contributed by atoms with E-state index in [1.807, 2.05) is 12.1 Å². The van der Waals surface area contributed by atoms with E-state index < -0.39 is 11.9 Å². The maximum Gasteiger partial charge on any atom is 0.361 e. The second kappa shape index (κ2) is 5.53. The zero-order chi connectivity index (χ0) is 13.8. The highest BCUT2D eigenvalue weighted by Crippen LogP contribution is 2.20. The lowest BCUT2D eigenvalue weighted by Crippen LogP contribution is -2.17. The fourth-order valence-electron chi connectivity index (χ4n) is 1.91. The van der Waals surface area contributed by atoms with Crippen molar-refractivity contribution in [1.82, 2.24) is 4.57 Å². The van der Waals surface area contributed by atoms with Crippen LogP contribution in [0.4, 0.5) is 0 Å². The number of esters is 1. The molecule has 2 aromatic rings. The number of rotatable bonds is 4. The van der Waals surface area contributed by atoms with Crippen molar-refractivity contribution in [1.29, 1.82) is 0 Å². The van der Waals surface area contributed by atoms with Crippen LogP contribution in [0.25, 0.3) is 10.9 Å². The summed E-state index contributed by atoms with van der Waals surface area (Å²) in [6.45, 7) is 1.68. The van der Waals surface area contributed by atoms with Crippen molar-refractivity contribution in [3.63, 3.8) is 0 Å². The van der Waals surface area contributed by atoms with Gasteiger partial charge in [0.2, 0.25) is 0 Å². The Kier molecular flexibility index (Phi) is 3.82. The normalized spacial score (nSPS) is 10.4. The third-order valence-electron chi connectivity index (χ3n) is 2.68. The number of ether oxygens (including phenoxy) is 1. The molecule has 0 aliphatic heterocycles. The van der Waals surface area contributed by atoms with E-state index in [0.717, 1.165) is 5.39 Å². The van der Waals surface area contributed by atoms with E-state index >= 15 is 0 Å². The van der Waals surface area contributed by atoms with Crippen LogP contribution >= 0.6 is 0 Å². The van der Waals surface area contributed by atoms with Crippen molar-refractivity contribution >= 4 is 22.8 Å². The Morgan fingerprint density at radius 3 is 2.74 bits per heavy atom. The molecule has 2 rings (SSSR count). The topological polar surface area (TPSA) is 77.8 Å². The second-order valence-electron chi connectivity index (χ2n) is 3.86. The molecule has 0 bridgehead atoms. The molecule has 0 fully saturated rings. The molecule has 100 valence electrons. The van der Waals surface area contributed by atoms with Crippen molar-refractivity contribution < 1.29 is 24.5 Å². The van der Waals surface area contributed by atoms with E-state index in [1.54, 1.807) is 25.1 Å². The number of carbonyl (C=O) groups excluding carboxylic acids is 2. The van der Waals surface area contributed by atoms with Crippen LogP contribution in [0.5, 0.6) is 0 Å². The molecular formula is C13H13NO5. The number of para-hydroxylation sites is 1. The molecule has 0 amide bonds. The van der Waals surface area contributed by atoms with Crippen LogP contribution in [-0.4, -0.2) is 28.4 Å². The van der Waals surface area contributed by atoms with Gasteiger partial charge in [0.25, 0.3) is 0 Å². The summed E-state index contributed by atoms with van der Waals surface area (Å²) >= 11 is 0. The number of carbonyl (C=O) groups is 2. The molecule has 0 spiro atoms. The van der Waals surface area contributed by atoms with Gasteiger partial charge in [-0.1, -0.05) is 18.2 Å². The number of hydrogen-bond acceptors (Lipinski definition) is 5. The zero-order valence-corrected chi connectivity index (χ0v) is 10.3. The average molecular weight is 263 g/mol. The molecule has 6 nitrogen and oxygen atoms in total. The van der Waals surface area contributed by atoms with Crippen LogP contribution in [0.3, 0.4) is 0 Å². The first-order chi connectivity index (χ1) is 9.17. The summed E-state index contributed by atoms with van der Waals surface area (Å²) in [7, 11) is 0. The lowest BCUT2D eigenvalue weighted by atomic mass is 10.2. The van der Waals surface area contributed by atoms with Crippen molar-refractivity contribution in [3.8, 4) is 0 Å². The Morgan fingerprint density at radius 2 is 2.05 bits per heavy atom. The van der Waals surface area contributed by atoms with Gasteiger partial charge in [-0.25, -0.2) is 9.59 Å². The third kappa shape index (κ3) is 2.58. The van der Waals surface area contributed by atoms with Crippen molar-refractivity contribution in [2.75, 3.05) is 6.61 Å². The predicted molar refractivity (Wildman–Crippen MR) is 66.6 cm³/mol. The standard InChI is InChI=1S/C13H13NO5/c1-2-18-13(16)11-7-9-5-3-4-6-10(9)14(11)8-12(15)19-17/h3-7,17H,2,8H2,1H3. The van der Waals surface area contributed by atoms with Gasteiger partial charge in [-0.05, 0) is 19.1 Å². The molecule has 19 heavy (non-hydrogen) atoms. The highest BCUT2D eigenvalue weighted by atomic mass is 17.1. The summed E-state index contributed by atoms with van der Waals surface area (Å²) in [5.41, 5.74) is 0.935. The molecule has 0 radical (unpaired) electrons. The Bertz CT molecular complexity index is 617. The van der Waals surface area contributed by atoms with E-state index in [2.05, 4.69) is 4.89 Å². The lowest BCUT2D eigenvalue weighted by molar-refractivity contribution is -0.234. The SMILES string of the molecule is CCOC(=O)c1cc2ccccc2n1CC(=O)OO. The Labute approximate surface area is 109 Å². The van der Waals surface area contributed by atoms with Crippen LogP contribution < -0.4 is 0 Å². The molecule has 1 aromatic heterocycles. The van der Waals surface area contributed by atoms with Crippen LogP contribution in [-0.2, 0) is 21.0 Å². The van der Waals surface area contributed by atoms with Gasteiger partial charge < -0.3 is 9.30 Å². The van der Waals surface area contributed by atoms with Gasteiger partial charge in [0.15, 0.2) is 0 Å². The number of benzene rings is 1. The molecule has 0 saturated carbocycles. The predicted octanol–water partition coefficient (Wildman–Crippen LogP) is 1.83. The first-order valence-electron chi connectivity index (χ1n) is 5.77. The number of fused-ring (bicyclic) bond motifs is 1. The van der Waals surface area contributed by atoms with Crippen molar-refractivity contribution in [2.24, 2.45) is 0 Å². The van der Waals surface area contributed by atoms with Gasteiger partial charge in [0.05, 0.1) is 6.61 Å². The minimum absolute atomic E-state index is 0.241. The molecule has 6 heteroatoms. The number of aromatic nitrogens is 1. The molecule has 0 aliphatic carbocycles. The lowest BCUT2D eigenvalue weighted by Gasteiger charge is -2.07. The Hall–Kier alpha value is -2.34. The quantitative estimate of drug-likeness (QED) is 0.517. The van der Waals surface area contributed by atoms with E-state index in [0.29, 0.717) is 5.52 Å². The Morgan fingerprint density at radius 1 is 1.32 bits per heavy atom. The smallest absolute Gasteiger partial charge is 0.361 e. The molecule has 1 aromatic carbocycles. The second-order valence-corrected chi connectivity index (χ2v) is 3.86. The largest absolute Gasteiger partial charge is 0.461 e. The molecular weight excluding hydrogens is 250 g/mol. The van der Waals surface area contributed by atoms with Crippen molar-refractivity contribution in [3.05, 3.63) is 36.0 Å². The average Bonchev–Trinajstić information content (AvgIpc) is 2.78. The van der Waals surface area contributed by atoms with Gasteiger partial charge in [-0.2, -0.15) is 5.26 Å². The summed E-state index contributed by atoms with van der Waals surface area (Å²) in [6, 6.07) is 8.84. The van der Waals surface area contributed by atoms with E-state index in [4.69, 9.17) is 9.99 Å². The summed E-state index contributed by atoms with van der Waals surface area (Å²) < 4.78 is 6.39. The number of nitrogens with zero attached hydrogens (tertiary/aromatic N) is 1. The van der Waals surface area contributed by atoms with Crippen LogP contribution in [0.2, 0.25) is 0 Å². The van der Waals surface area contributed by atoms with Gasteiger partial charge in [0.1, 0.15) is 12.2 Å². The highest BCUT2D eigenvalue weighted by Gasteiger charge is 2.18. The Balaban J connectivity index is 2.51. The maximum absolute atomic E-state index is 11.8. The van der Waals surface area contributed by atoms with Crippen LogP contribution in [0.1, 0.15) is 17.4 Å². The van der Waals surface area contributed by atoms with Gasteiger partial charge in [-0.15, -0.1) is 0 Å². The van der Waals surface area contributed by atoms with Crippen LogP contribution in [0.15, 0.2) is 30.3 Å². The van der Waals surface area contributed by atoms with Crippen LogP contribution in [0, 0.1) is 0 Å². The molecule has 0 aliphatic rings. The monoisotopic (exact) mass is 263 g/mol. The summed E-state index contributed by atoms with van der Waals surface area (Å²) in [5, 5.41) is 9.16. The maximum atomic E-state index is 11.8. The summed E-state index contributed by atoms with van der Waals surface area (Å²) in [4.78, 5) is 26.7. The minimum Gasteiger partial charge on any atom is -0.461 e. The van der Waals surface area contributed by atoms with Gasteiger partial charge in [-0.3, -0.25) is 4.89 Å². The molecule has 0 saturated heterocycles.